The molecule has 0 heterocycles. The van der Waals surface area contributed by atoms with Gasteiger partial charge in [0.2, 0.25) is 0 Å². The molecule has 0 aliphatic rings. The number of aliphatic imine (C=N–C) groups is 2. The van der Waals surface area contributed by atoms with Crippen LogP contribution in [0.3, 0.4) is 0 Å². The molecule has 0 radical (unpaired) electrons. The molecule has 0 amide bonds. The number of halogens is 2. The van der Waals surface area contributed by atoms with Gasteiger partial charge in [-0.05, 0) is 25.0 Å². The van der Waals surface area contributed by atoms with Crippen LogP contribution in [-0.4, -0.2) is 38.1 Å². The summed E-state index contributed by atoms with van der Waals surface area (Å²) in [5, 5.41) is 1.25. The van der Waals surface area contributed by atoms with E-state index in [-0.39, 0.29) is 5.97 Å². The fourth-order valence-electron chi connectivity index (χ4n) is 2.26. The number of hydrogen-bond donors (Lipinski definition) is 0. The molecule has 1 atom stereocenters. The summed E-state index contributed by atoms with van der Waals surface area (Å²) in [5.41, 5.74) is 1.63. The van der Waals surface area contributed by atoms with Crippen molar-refractivity contribution in [1.82, 2.24) is 0 Å². The Morgan fingerprint density at radius 1 is 1.04 bits per heavy atom. The minimum absolute atomic E-state index is 0.372. The lowest BCUT2D eigenvalue weighted by Gasteiger charge is -2.09. The molecule has 0 spiro atoms. The Morgan fingerprint density at radius 2 is 1.62 bits per heavy atom. The van der Waals surface area contributed by atoms with Crippen LogP contribution in [0.25, 0.3) is 0 Å². The maximum atomic E-state index is 11.9. The van der Waals surface area contributed by atoms with Crippen molar-refractivity contribution in [3.05, 3.63) is 69.7 Å². The fraction of sp³-hybridized carbons (Fsp3) is 0.250. The van der Waals surface area contributed by atoms with Crippen molar-refractivity contribution >= 4 is 41.6 Å². The average molecular weight is 391 g/mol. The standard InChI is InChI=1S/C20H20Cl2N2O2/c1-26-20(25)19(24-14-16-8-3-5-10-18(16)22)11-6-12-23-13-15-7-2-4-9-17(15)21/h2-5,7-10,13-14,19H,6,11-12H2,1H3. The molecule has 6 heteroatoms. The van der Waals surface area contributed by atoms with Crippen LogP contribution in [0, 0.1) is 0 Å². The largest absolute Gasteiger partial charge is 0.467 e. The first-order valence-electron chi connectivity index (χ1n) is 8.21. The van der Waals surface area contributed by atoms with Gasteiger partial charge in [0, 0.05) is 40.1 Å². The van der Waals surface area contributed by atoms with E-state index in [1.165, 1.54) is 7.11 Å². The van der Waals surface area contributed by atoms with Crippen LogP contribution in [-0.2, 0) is 9.53 Å². The Hall–Kier alpha value is -2.17. The smallest absolute Gasteiger partial charge is 0.330 e. The highest BCUT2D eigenvalue weighted by Crippen LogP contribution is 2.14. The molecule has 0 N–H and O–H groups in total. The monoisotopic (exact) mass is 390 g/mol. The molecule has 0 saturated heterocycles. The van der Waals surface area contributed by atoms with Crippen LogP contribution >= 0.6 is 23.2 Å². The molecular formula is C20H20Cl2N2O2. The van der Waals surface area contributed by atoms with Crippen molar-refractivity contribution < 1.29 is 9.53 Å². The van der Waals surface area contributed by atoms with Crippen molar-refractivity contribution in [3.63, 3.8) is 0 Å². The van der Waals surface area contributed by atoms with Gasteiger partial charge in [-0.2, -0.15) is 0 Å². The van der Waals surface area contributed by atoms with Gasteiger partial charge in [0.1, 0.15) is 6.04 Å². The summed E-state index contributed by atoms with van der Waals surface area (Å²) in [5.74, 6) is -0.372. The summed E-state index contributed by atoms with van der Waals surface area (Å²) in [7, 11) is 1.36. The molecule has 2 rings (SSSR count). The van der Waals surface area contributed by atoms with Crippen LogP contribution < -0.4 is 0 Å². The van der Waals surface area contributed by atoms with E-state index in [9.17, 15) is 4.79 Å². The number of rotatable bonds is 8. The maximum absolute atomic E-state index is 11.9. The minimum atomic E-state index is -0.577. The van der Waals surface area contributed by atoms with Crippen molar-refractivity contribution in [2.24, 2.45) is 9.98 Å². The third kappa shape index (κ3) is 6.28. The Balaban J connectivity index is 1.91. The molecule has 0 saturated carbocycles. The number of esters is 1. The van der Waals surface area contributed by atoms with Crippen molar-refractivity contribution in [1.29, 1.82) is 0 Å². The average Bonchev–Trinajstić information content (AvgIpc) is 2.66. The van der Waals surface area contributed by atoms with E-state index < -0.39 is 6.04 Å². The molecule has 2 aromatic rings. The third-order valence-electron chi connectivity index (χ3n) is 3.67. The Labute approximate surface area is 163 Å². The highest BCUT2D eigenvalue weighted by Gasteiger charge is 2.16. The molecule has 0 fully saturated rings. The van der Waals surface area contributed by atoms with Crippen LogP contribution in [0.15, 0.2) is 58.5 Å². The van der Waals surface area contributed by atoms with Crippen molar-refractivity contribution in [3.8, 4) is 0 Å². The van der Waals surface area contributed by atoms with E-state index in [4.69, 9.17) is 27.9 Å². The number of benzene rings is 2. The van der Waals surface area contributed by atoms with Crippen LogP contribution in [0.4, 0.5) is 0 Å². The van der Waals surface area contributed by atoms with Gasteiger partial charge in [0.25, 0.3) is 0 Å². The number of carbonyl (C=O) groups excluding carboxylic acids is 1. The van der Waals surface area contributed by atoms with Gasteiger partial charge in [-0.3, -0.25) is 9.98 Å². The van der Waals surface area contributed by atoms with Crippen LogP contribution in [0.5, 0.6) is 0 Å². The van der Waals surface area contributed by atoms with Gasteiger partial charge < -0.3 is 4.74 Å². The Morgan fingerprint density at radius 3 is 2.19 bits per heavy atom. The predicted octanol–water partition coefficient (Wildman–Crippen LogP) is 4.85. The van der Waals surface area contributed by atoms with Gasteiger partial charge in [0.15, 0.2) is 0 Å². The van der Waals surface area contributed by atoms with Gasteiger partial charge in [0.05, 0.1) is 7.11 Å². The van der Waals surface area contributed by atoms with Crippen molar-refractivity contribution in [2.75, 3.05) is 13.7 Å². The molecule has 4 nitrogen and oxygen atoms in total. The normalized spacial score (nSPS) is 12.6. The van der Waals surface area contributed by atoms with E-state index in [0.717, 1.165) is 11.1 Å². The molecular weight excluding hydrogens is 371 g/mol. The predicted molar refractivity (Wildman–Crippen MR) is 108 cm³/mol. The lowest BCUT2D eigenvalue weighted by Crippen LogP contribution is -2.20. The second-order valence-corrected chi connectivity index (χ2v) is 6.35. The maximum Gasteiger partial charge on any atom is 0.330 e. The highest BCUT2D eigenvalue weighted by molar-refractivity contribution is 6.33. The zero-order valence-electron chi connectivity index (χ0n) is 14.4. The second-order valence-electron chi connectivity index (χ2n) is 5.54. The zero-order valence-corrected chi connectivity index (χ0v) is 16.0. The Kier molecular flexibility index (Phi) is 8.32. The number of ether oxygens (including phenoxy) is 1. The van der Waals surface area contributed by atoms with E-state index in [2.05, 4.69) is 9.98 Å². The number of nitrogens with zero attached hydrogens (tertiary/aromatic N) is 2. The first-order valence-corrected chi connectivity index (χ1v) is 8.97. The first-order chi connectivity index (χ1) is 12.6. The number of methoxy groups -OCH3 is 1. The van der Waals surface area contributed by atoms with Crippen molar-refractivity contribution in [2.45, 2.75) is 18.9 Å². The van der Waals surface area contributed by atoms with E-state index in [1.54, 1.807) is 18.5 Å². The van der Waals surface area contributed by atoms with Crippen LogP contribution in [0.2, 0.25) is 10.0 Å². The molecule has 0 aromatic heterocycles. The minimum Gasteiger partial charge on any atom is -0.467 e. The van der Waals surface area contributed by atoms with E-state index in [1.807, 2.05) is 42.5 Å². The van der Waals surface area contributed by atoms with E-state index in [0.29, 0.717) is 29.4 Å². The molecule has 26 heavy (non-hydrogen) atoms. The highest BCUT2D eigenvalue weighted by atomic mass is 35.5. The summed E-state index contributed by atoms with van der Waals surface area (Å²) in [4.78, 5) is 20.6. The number of hydrogen-bond acceptors (Lipinski definition) is 4. The third-order valence-corrected chi connectivity index (χ3v) is 4.36. The fourth-order valence-corrected chi connectivity index (χ4v) is 2.63. The van der Waals surface area contributed by atoms with Gasteiger partial charge in [-0.15, -0.1) is 0 Å². The summed E-state index contributed by atoms with van der Waals surface area (Å²) >= 11 is 12.2. The lowest BCUT2D eigenvalue weighted by atomic mass is 10.1. The SMILES string of the molecule is COC(=O)C(CCCN=Cc1ccccc1Cl)N=Cc1ccccc1Cl. The zero-order chi connectivity index (χ0) is 18.8. The lowest BCUT2D eigenvalue weighted by molar-refractivity contribution is -0.142. The van der Waals surface area contributed by atoms with Gasteiger partial charge >= 0.3 is 5.97 Å². The number of carbonyl (C=O) groups is 1. The van der Waals surface area contributed by atoms with Gasteiger partial charge in [-0.1, -0.05) is 59.6 Å². The second kappa shape index (κ2) is 10.7. The molecule has 0 bridgehead atoms. The molecule has 136 valence electrons. The summed E-state index contributed by atoms with van der Waals surface area (Å²) < 4.78 is 4.83. The summed E-state index contributed by atoms with van der Waals surface area (Å²) in [6.45, 7) is 0.570. The molecule has 0 aliphatic heterocycles. The molecule has 1 unspecified atom stereocenters. The molecule has 2 aromatic carbocycles. The quantitative estimate of drug-likeness (QED) is 0.367. The summed E-state index contributed by atoms with van der Waals surface area (Å²) in [6.07, 6.45) is 4.58. The Bertz CT molecular complexity index is 791. The first kappa shape index (κ1) is 20.1. The molecule has 0 aliphatic carbocycles. The summed E-state index contributed by atoms with van der Waals surface area (Å²) in [6, 6.07) is 14.2. The van der Waals surface area contributed by atoms with E-state index >= 15 is 0 Å². The van der Waals surface area contributed by atoms with Gasteiger partial charge in [-0.25, -0.2) is 4.79 Å². The topological polar surface area (TPSA) is 51.0 Å². The van der Waals surface area contributed by atoms with Crippen LogP contribution in [0.1, 0.15) is 24.0 Å².